The molecule has 3 rings (SSSR count). The number of hydrogen-bond acceptors (Lipinski definition) is 5. The number of aryl methyl sites for hydroxylation is 1. The van der Waals surface area contributed by atoms with Crippen LogP contribution >= 0.6 is 24.0 Å². The van der Waals surface area contributed by atoms with Crippen LogP contribution < -0.4 is 20.1 Å². The predicted octanol–water partition coefficient (Wildman–Crippen LogP) is 3.07. The molecule has 0 amide bonds. The highest BCUT2D eigenvalue weighted by Gasteiger charge is 2.10. The van der Waals surface area contributed by atoms with Crippen molar-refractivity contribution in [2.45, 2.75) is 13.5 Å². The van der Waals surface area contributed by atoms with E-state index in [4.69, 9.17) is 14.2 Å². The molecule has 1 fully saturated rings. The van der Waals surface area contributed by atoms with Gasteiger partial charge >= 0.3 is 0 Å². The molecular weight excluding hydrogens is 519 g/mol. The zero-order valence-corrected chi connectivity index (χ0v) is 21.3. The Morgan fingerprint density at radius 1 is 1.00 bits per heavy atom. The van der Waals surface area contributed by atoms with Crippen LogP contribution in [0.25, 0.3) is 0 Å². The van der Waals surface area contributed by atoms with Crippen LogP contribution in [0.4, 0.5) is 0 Å². The maximum absolute atomic E-state index is 6.06. The van der Waals surface area contributed by atoms with Gasteiger partial charge < -0.3 is 24.8 Å². The Morgan fingerprint density at radius 2 is 1.75 bits per heavy atom. The van der Waals surface area contributed by atoms with Crippen LogP contribution in [0.3, 0.4) is 0 Å². The van der Waals surface area contributed by atoms with Crippen LogP contribution in [0.2, 0.25) is 0 Å². The van der Waals surface area contributed by atoms with E-state index in [1.165, 1.54) is 5.56 Å². The van der Waals surface area contributed by atoms with Crippen molar-refractivity contribution in [3.05, 3.63) is 59.7 Å². The van der Waals surface area contributed by atoms with Gasteiger partial charge in [0.2, 0.25) is 0 Å². The molecule has 0 spiro atoms. The zero-order valence-electron chi connectivity index (χ0n) is 19.0. The van der Waals surface area contributed by atoms with E-state index < -0.39 is 0 Å². The molecule has 176 valence electrons. The number of aliphatic imine (C=N–C) groups is 1. The average Bonchev–Trinajstić information content (AvgIpc) is 2.81. The molecule has 1 saturated heterocycles. The van der Waals surface area contributed by atoms with Gasteiger partial charge in [0.05, 0.1) is 19.8 Å². The van der Waals surface area contributed by atoms with E-state index in [0.29, 0.717) is 26.3 Å². The molecule has 1 aliphatic rings. The minimum atomic E-state index is 0. The van der Waals surface area contributed by atoms with Crippen molar-refractivity contribution in [2.75, 3.05) is 59.7 Å². The third-order valence-electron chi connectivity index (χ3n) is 5.10. The Hall–Kier alpha value is -2.04. The van der Waals surface area contributed by atoms with Crippen LogP contribution in [0, 0.1) is 6.92 Å². The van der Waals surface area contributed by atoms with Crippen molar-refractivity contribution in [1.82, 2.24) is 15.5 Å². The summed E-state index contributed by atoms with van der Waals surface area (Å²) in [4.78, 5) is 6.66. The molecule has 0 atom stereocenters. The summed E-state index contributed by atoms with van der Waals surface area (Å²) in [5.41, 5.74) is 2.32. The van der Waals surface area contributed by atoms with Crippen molar-refractivity contribution in [2.24, 2.45) is 4.99 Å². The summed E-state index contributed by atoms with van der Waals surface area (Å²) >= 11 is 0. The van der Waals surface area contributed by atoms with Crippen LogP contribution in [0.1, 0.15) is 11.1 Å². The minimum Gasteiger partial charge on any atom is -0.492 e. The second-order valence-electron chi connectivity index (χ2n) is 7.42. The maximum atomic E-state index is 6.06. The number of rotatable bonds is 10. The summed E-state index contributed by atoms with van der Waals surface area (Å²) < 4.78 is 17.2. The Labute approximate surface area is 208 Å². The molecule has 0 saturated carbocycles. The second kappa shape index (κ2) is 14.9. The van der Waals surface area contributed by atoms with E-state index in [2.05, 4.69) is 33.5 Å². The molecule has 7 nitrogen and oxygen atoms in total. The smallest absolute Gasteiger partial charge is 0.191 e. The SMILES string of the molecule is CN=C(NCCOc1ccc(C)cc1)NCc1ccccc1OCCN1CCOCC1.I. The highest BCUT2D eigenvalue weighted by atomic mass is 127. The number of morpholine rings is 1. The zero-order chi connectivity index (χ0) is 21.7. The normalized spacial score (nSPS) is 14.4. The summed E-state index contributed by atoms with van der Waals surface area (Å²) in [6.45, 7) is 9.06. The number of para-hydroxylation sites is 1. The molecule has 2 aromatic rings. The van der Waals surface area contributed by atoms with Crippen LogP contribution in [-0.4, -0.2) is 70.5 Å². The number of benzene rings is 2. The standard InChI is InChI=1S/C24H34N4O3.HI/c1-20-7-9-22(10-8-20)30-15-11-26-24(25-2)27-19-21-5-3-4-6-23(21)31-18-14-28-12-16-29-17-13-28;/h3-10H,11-19H2,1-2H3,(H2,25,26,27);1H. The number of ether oxygens (including phenoxy) is 3. The van der Waals surface area contributed by atoms with Gasteiger partial charge in [0.15, 0.2) is 5.96 Å². The first-order valence-corrected chi connectivity index (χ1v) is 10.9. The molecule has 0 aromatic heterocycles. The number of hydrogen-bond donors (Lipinski definition) is 2. The Morgan fingerprint density at radius 3 is 2.50 bits per heavy atom. The van der Waals surface area contributed by atoms with Gasteiger partial charge in [-0.25, -0.2) is 0 Å². The van der Waals surface area contributed by atoms with E-state index in [9.17, 15) is 0 Å². The van der Waals surface area contributed by atoms with Gasteiger partial charge in [-0.05, 0) is 25.1 Å². The van der Waals surface area contributed by atoms with Crippen molar-refractivity contribution in [3.8, 4) is 11.5 Å². The monoisotopic (exact) mass is 554 g/mol. The van der Waals surface area contributed by atoms with Gasteiger partial charge in [0, 0.05) is 38.8 Å². The molecule has 0 unspecified atom stereocenters. The number of halogens is 1. The summed E-state index contributed by atoms with van der Waals surface area (Å²) in [7, 11) is 1.76. The fourth-order valence-corrected chi connectivity index (χ4v) is 3.27. The van der Waals surface area contributed by atoms with Gasteiger partial charge in [0.25, 0.3) is 0 Å². The van der Waals surface area contributed by atoms with E-state index in [1.807, 2.05) is 42.5 Å². The molecule has 0 radical (unpaired) electrons. The van der Waals surface area contributed by atoms with E-state index >= 15 is 0 Å². The lowest BCUT2D eigenvalue weighted by atomic mass is 10.2. The first kappa shape index (κ1) is 26.2. The fraction of sp³-hybridized carbons (Fsp3) is 0.458. The predicted molar refractivity (Wildman–Crippen MR) is 139 cm³/mol. The summed E-state index contributed by atoms with van der Waals surface area (Å²) in [6.07, 6.45) is 0. The van der Waals surface area contributed by atoms with Crippen LogP contribution in [0.5, 0.6) is 11.5 Å². The molecule has 32 heavy (non-hydrogen) atoms. The quantitative estimate of drug-likeness (QED) is 0.204. The Bertz CT molecular complexity index is 811. The molecule has 2 N–H and O–H groups in total. The largest absolute Gasteiger partial charge is 0.492 e. The van der Waals surface area contributed by atoms with Gasteiger partial charge in [-0.15, -0.1) is 24.0 Å². The molecule has 2 aromatic carbocycles. The summed E-state index contributed by atoms with van der Waals surface area (Å²) in [6, 6.07) is 16.2. The molecule has 0 aliphatic carbocycles. The minimum absolute atomic E-state index is 0. The highest BCUT2D eigenvalue weighted by Crippen LogP contribution is 2.17. The molecule has 0 bridgehead atoms. The summed E-state index contributed by atoms with van der Waals surface area (Å²) in [5, 5.41) is 6.63. The lowest BCUT2D eigenvalue weighted by Crippen LogP contribution is -2.39. The van der Waals surface area contributed by atoms with E-state index in [-0.39, 0.29) is 24.0 Å². The highest BCUT2D eigenvalue weighted by molar-refractivity contribution is 14.0. The van der Waals surface area contributed by atoms with Crippen LogP contribution in [-0.2, 0) is 11.3 Å². The molecular formula is C24H35IN4O3. The van der Waals surface area contributed by atoms with E-state index in [1.54, 1.807) is 7.05 Å². The Kier molecular flexibility index (Phi) is 12.2. The van der Waals surface area contributed by atoms with Crippen molar-refractivity contribution in [1.29, 1.82) is 0 Å². The first-order chi connectivity index (χ1) is 15.2. The molecule has 1 heterocycles. The van der Waals surface area contributed by atoms with Crippen molar-refractivity contribution in [3.63, 3.8) is 0 Å². The molecule has 1 aliphatic heterocycles. The van der Waals surface area contributed by atoms with Crippen molar-refractivity contribution < 1.29 is 14.2 Å². The number of guanidine groups is 1. The Balaban J connectivity index is 0.00000363. The van der Waals surface area contributed by atoms with Gasteiger partial charge in [-0.1, -0.05) is 35.9 Å². The third kappa shape index (κ3) is 9.22. The van der Waals surface area contributed by atoms with E-state index in [0.717, 1.165) is 55.9 Å². The summed E-state index contributed by atoms with van der Waals surface area (Å²) in [5.74, 6) is 2.51. The van der Waals surface area contributed by atoms with Crippen molar-refractivity contribution >= 4 is 29.9 Å². The fourth-order valence-electron chi connectivity index (χ4n) is 3.27. The van der Waals surface area contributed by atoms with Gasteiger partial charge in [-0.3, -0.25) is 9.89 Å². The van der Waals surface area contributed by atoms with Gasteiger partial charge in [-0.2, -0.15) is 0 Å². The topological polar surface area (TPSA) is 67.4 Å². The molecule has 8 heteroatoms. The first-order valence-electron chi connectivity index (χ1n) is 10.9. The average molecular weight is 554 g/mol. The maximum Gasteiger partial charge on any atom is 0.191 e. The lowest BCUT2D eigenvalue weighted by molar-refractivity contribution is 0.0322. The number of nitrogens with one attached hydrogen (secondary N) is 2. The lowest BCUT2D eigenvalue weighted by Gasteiger charge is -2.26. The number of nitrogens with zero attached hydrogens (tertiary/aromatic N) is 2. The van der Waals surface area contributed by atoms with Gasteiger partial charge in [0.1, 0.15) is 24.7 Å². The third-order valence-corrected chi connectivity index (χ3v) is 5.10. The second-order valence-corrected chi connectivity index (χ2v) is 7.42. The van der Waals surface area contributed by atoms with Crippen LogP contribution in [0.15, 0.2) is 53.5 Å².